The molecule has 1 unspecified atom stereocenters. The van der Waals surface area contributed by atoms with E-state index >= 15 is 0 Å². The van der Waals surface area contributed by atoms with Crippen molar-refractivity contribution < 1.29 is 4.42 Å². The summed E-state index contributed by atoms with van der Waals surface area (Å²) in [6, 6.07) is 7.89. The summed E-state index contributed by atoms with van der Waals surface area (Å²) in [5, 5.41) is 0.112. The zero-order valence-electron chi connectivity index (χ0n) is 11.4. The van der Waals surface area contributed by atoms with Crippen LogP contribution in [0.3, 0.4) is 0 Å². The number of rotatable bonds is 3. The lowest BCUT2D eigenvalue weighted by Crippen LogP contribution is -2.32. The molecule has 1 aromatic carbocycles. The molecule has 3 rings (SSSR count). The molecule has 1 aromatic heterocycles. The molecule has 0 spiro atoms. The standard InChI is InChI=1S/C16H20ClNO/c1-16(9-5-2-6-10-16)14(17)11-15-18-12-7-3-4-8-13(12)19-15/h3-4,7-8,14H,2,5-6,9-11H2,1H3. The summed E-state index contributed by atoms with van der Waals surface area (Å²) >= 11 is 6.66. The van der Waals surface area contributed by atoms with Crippen LogP contribution in [0, 0.1) is 5.41 Å². The number of fused-ring (bicyclic) bond motifs is 1. The van der Waals surface area contributed by atoms with Crippen molar-refractivity contribution in [3.05, 3.63) is 30.2 Å². The minimum atomic E-state index is 0.112. The smallest absolute Gasteiger partial charge is 0.196 e. The molecule has 1 aliphatic rings. The van der Waals surface area contributed by atoms with E-state index in [2.05, 4.69) is 11.9 Å². The number of hydrogen-bond donors (Lipinski definition) is 0. The number of halogens is 1. The Labute approximate surface area is 119 Å². The van der Waals surface area contributed by atoms with Crippen molar-refractivity contribution >= 4 is 22.7 Å². The van der Waals surface area contributed by atoms with E-state index in [1.807, 2.05) is 24.3 Å². The van der Waals surface area contributed by atoms with Gasteiger partial charge in [-0.1, -0.05) is 38.3 Å². The van der Waals surface area contributed by atoms with Gasteiger partial charge in [0.05, 0.1) is 0 Å². The van der Waals surface area contributed by atoms with Gasteiger partial charge in [-0.25, -0.2) is 4.98 Å². The van der Waals surface area contributed by atoms with Crippen LogP contribution >= 0.6 is 11.6 Å². The van der Waals surface area contributed by atoms with Gasteiger partial charge >= 0.3 is 0 Å². The molecule has 1 aliphatic carbocycles. The largest absolute Gasteiger partial charge is 0.441 e. The zero-order valence-corrected chi connectivity index (χ0v) is 12.1. The van der Waals surface area contributed by atoms with Crippen molar-refractivity contribution in [2.75, 3.05) is 0 Å². The Morgan fingerprint density at radius 3 is 2.74 bits per heavy atom. The third kappa shape index (κ3) is 2.64. The highest BCUT2D eigenvalue weighted by Gasteiger charge is 2.35. The molecule has 0 aliphatic heterocycles. The predicted molar refractivity (Wildman–Crippen MR) is 78.5 cm³/mol. The van der Waals surface area contributed by atoms with E-state index in [1.165, 1.54) is 32.1 Å². The first kappa shape index (κ1) is 13.0. The van der Waals surface area contributed by atoms with Gasteiger partial charge in [-0.05, 0) is 30.4 Å². The van der Waals surface area contributed by atoms with Crippen LogP contribution in [0.1, 0.15) is 44.9 Å². The van der Waals surface area contributed by atoms with E-state index in [9.17, 15) is 0 Å². The summed E-state index contributed by atoms with van der Waals surface area (Å²) in [6.07, 6.45) is 7.12. The van der Waals surface area contributed by atoms with Gasteiger partial charge in [0, 0.05) is 11.8 Å². The van der Waals surface area contributed by atoms with Gasteiger partial charge < -0.3 is 4.42 Å². The molecule has 1 saturated carbocycles. The molecule has 1 fully saturated rings. The summed E-state index contributed by atoms with van der Waals surface area (Å²) in [7, 11) is 0. The van der Waals surface area contributed by atoms with Crippen molar-refractivity contribution in [2.45, 2.75) is 50.8 Å². The Kier molecular flexibility index (Phi) is 3.53. The summed E-state index contributed by atoms with van der Waals surface area (Å²) in [4.78, 5) is 4.53. The maximum atomic E-state index is 6.66. The molecule has 0 amide bonds. The molecular weight excluding hydrogens is 258 g/mol. The number of nitrogens with zero attached hydrogens (tertiary/aromatic N) is 1. The third-order valence-corrected chi connectivity index (χ3v) is 5.13. The molecule has 1 heterocycles. The van der Waals surface area contributed by atoms with Crippen LogP contribution in [0.25, 0.3) is 11.1 Å². The van der Waals surface area contributed by atoms with Crippen molar-refractivity contribution in [1.82, 2.24) is 4.98 Å². The van der Waals surface area contributed by atoms with Crippen molar-refractivity contribution in [1.29, 1.82) is 0 Å². The quantitative estimate of drug-likeness (QED) is 0.742. The first-order valence-electron chi connectivity index (χ1n) is 7.16. The van der Waals surface area contributed by atoms with Crippen LogP contribution < -0.4 is 0 Å². The molecule has 19 heavy (non-hydrogen) atoms. The van der Waals surface area contributed by atoms with Crippen molar-refractivity contribution in [3.63, 3.8) is 0 Å². The Bertz CT molecular complexity index is 524. The topological polar surface area (TPSA) is 26.0 Å². The first-order valence-corrected chi connectivity index (χ1v) is 7.60. The summed E-state index contributed by atoms with van der Waals surface area (Å²) in [5.74, 6) is 0.771. The second kappa shape index (κ2) is 5.16. The first-order chi connectivity index (χ1) is 9.17. The number of oxazole rings is 1. The second-order valence-electron chi connectivity index (χ2n) is 5.96. The zero-order chi connectivity index (χ0) is 13.3. The van der Waals surface area contributed by atoms with Crippen LogP contribution in [0.15, 0.2) is 28.7 Å². The maximum absolute atomic E-state index is 6.66. The highest BCUT2D eigenvalue weighted by molar-refractivity contribution is 6.21. The van der Waals surface area contributed by atoms with Crippen molar-refractivity contribution in [2.24, 2.45) is 5.41 Å². The molecule has 3 heteroatoms. The van der Waals surface area contributed by atoms with Gasteiger partial charge in [-0.3, -0.25) is 0 Å². The van der Waals surface area contributed by atoms with E-state index in [1.54, 1.807) is 0 Å². The molecule has 0 bridgehead atoms. The number of alkyl halides is 1. The van der Waals surface area contributed by atoms with Gasteiger partial charge in [0.25, 0.3) is 0 Å². The van der Waals surface area contributed by atoms with Crippen LogP contribution in [0.2, 0.25) is 0 Å². The Balaban J connectivity index is 1.76. The summed E-state index contributed by atoms with van der Waals surface area (Å²) in [5.41, 5.74) is 2.02. The number of para-hydroxylation sites is 2. The summed E-state index contributed by atoms with van der Waals surface area (Å²) in [6.45, 7) is 2.31. The Morgan fingerprint density at radius 1 is 1.26 bits per heavy atom. The molecule has 1 atom stereocenters. The minimum absolute atomic E-state index is 0.112. The maximum Gasteiger partial charge on any atom is 0.196 e. The predicted octanol–water partition coefficient (Wildman–Crippen LogP) is 4.95. The fourth-order valence-electron chi connectivity index (χ4n) is 3.08. The highest BCUT2D eigenvalue weighted by Crippen LogP contribution is 2.42. The lowest BCUT2D eigenvalue weighted by atomic mass is 9.72. The fourth-order valence-corrected chi connectivity index (χ4v) is 3.43. The minimum Gasteiger partial charge on any atom is -0.441 e. The van der Waals surface area contributed by atoms with E-state index in [0.29, 0.717) is 0 Å². The van der Waals surface area contributed by atoms with E-state index < -0.39 is 0 Å². The lowest BCUT2D eigenvalue weighted by molar-refractivity contribution is 0.200. The number of benzene rings is 1. The summed E-state index contributed by atoms with van der Waals surface area (Å²) < 4.78 is 5.78. The fraction of sp³-hybridized carbons (Fsp3) is 0.562. The van der Waals surface area contributed by atoms with Gasteiger partial charge in [0.2, 0.25) is 0 Å². The van der Waals surface area contributed by atoms with E-state index in [0.717, 1.165) is 23.4 Å². The van der Waals surface area contributed by atoms with Gasteiger partial charge in [0.15, 0.2) is 11.5 Å². The second-order valence-corrected chi connectivity index (χ2v) is 6.49. The molecule has 0 radical (unpaired) electrons. The van der Waals surface area contributed by atoms with Gasteiger partial charge in [0.1, 0.15) is 5.52 Å². The molecule has 2 aromatic rings. The molecular formula is C16H20ClNO. The van der Waals surface area contributed by atoms with Crippen LogP contribution in [-0.4, -0.2) is 10.4 Å². The van der Waals surface area contributed by atoms with E-state index in [-0.39, 0.29) is 10.8 Å². The Morgan fingerprint density at radius 2 is 2.00 bits per heavy atom. The monoisotopic (exact) mass is 277 g/mol. The van der Waals surface area contributed by atoms with Crippen LogP contribution in [0.5, 0.6) is 0 Å². The number of aromatic nitrogens is 1. The average molecular weight is 278 g/mol. The molecule has 2 nitrogen and oxygen atoms in total. The van der Waals surface area contributed by atoms with Crippen LogP contribution in [-0.2, 0) is 6.42 Å². The lowest BCUT2D eigenvalue weighted by Gasteiger charge is -2.37. The van der Waals surface area contributed by atoms with Crippen molar-refractivity contribution in [3.8, 4) is 0 Å². The SMILES string of the molecule is CC1(C(Cl)Cc2nc3ccccc3o2)CCCCC1. The Hall–Kier alpha value is -1.02. The third-order valence-electron chi connectivity index (χ3n) is 4.44. The molecule has 0 saturated heterocycles. The van der Waals surface area contributed by atoms with Crippen LogP contribution in [0.4, 0.5) is 0 Å². The normalized spacial score (nSPS) is 20.5. The van der Waals surface area contributed by atoms with Gasteiger partial charge in [-0.15, -0.1) is 11.6 Å². The number of hydrogen-bond acceptors (Lipinski definition) is 2. The van der Waals surface area contributed by atoms with E-state index in [4.69, 9.17) is 16.0 Å². The average Bonchev–Trinajstić information content (AvgIpc) is 2.81. The highest BCUT2D eigenvalue weighted by atomic mass is 35.5. The van der Waals surface area contributed by atoms with Gasteiger partial charge in [-0.2, -0.15) is 0 Å². The molecule has 102 valence electrons. The molecule has 0 N–H and O–H groups in total.